The van der Waals surface area contributed by atoms with Gasteiger partial charge in [0, 0.05) is 0 Å². The van der Waals surface area contributed by atoms with Crippen molar-refractivity contribution in [3.8, 4) is 0 Å². The second-order valence-electron chi connectivity index (χ2n) is 8.65. The number of aliphatic hydroxyl groups excluding tert-OH is 1. The topological polar surface area (TPSA) is 65.0 Å². The van der Waals surface area contributed by atoms with Gasteiger partial charge in [-0.1, -0.05) is 26.8 Å². The molecule has 0 saturated heterocycles. The summed E-state index contributed by atoms with van der Waals surface area (Å²) < 4.78 is 17.1. The first-order valence-corrected chi connectivity index (χ1v) is 11.0. The minimum atomic E-state index is -1.93. The van der Waals surface area contributed by atoms with Crippen molar-refractivity contribution in [1.29, 1.82) is 0 Å². The Kier molecular flexibility index (Phi) is 6.24. The van der Waals surface area contributed by atoms with Crippen molar-refractivity contribution in [2.45, 2.75) is 78.2 Å². The van der Waals surface area contributed by atoms with Crippen LogP contribution in [0.1, 0.15) is 41.5 Å². The lowest BCUT2D eigenvalue weighted by atomic mass is 9.97. The molecule has 0 bridgehead atoms. The number of aliphatic hydroxyl groups is 1. The van der Waals surface area contributed by atoms with Crippen LogP contribution in [0.3, 0.4) is 0 Å². The van der Waals surface area contributed by atoms with Crippen molar-refractivity contribution >= 4 is 14.3 Å². The SMILES string of the molecule is CC(C)(C)C(=O)O[C@H]1C=C[C@@H](O)[C@H](CO[Si](C)(C)C(C)(C)C)O1. The fourth-order valence-corrected chi connectivity index (χ4v) is 2.63. The van der Waals surface area contributed by atoms with Gasteiger partial charge in [-0.05, 0) is 45.0 Å². The summed E-state index contributed by atoms with van der Waals surface area (Å²) in [4.78, 5) is 11.9. The van der Waals surface area contributed by atoms with E-state index in [9.17, 15) is 9.90 Å². The lowest BCUT2D eigenvalue weighted by Gasteiger charge is -2.38. The van der Waals surface area contributed by atoms with E-state index in [-0.39, 0.29) is 17.6 Å². The molecule has 0 fully saturated rings. The van der Waals surface area contributed by atoms with Gasteiger partial charge >= 0.3 is 5.97 Å². The Hall–Kier alpha value is -0.693. The molecule has 1 aliphatic heterocycles. The number of carbonyl (C=O) groups excluding carboxylic acids is 1. The van der Waals surface area contributed by atoms with E-state index in [0.717, 1.165) is 0 Å². The smallest absolute Gasteiger partial charge is 0.313 e. The molecule has 0 radical (unpaired) electrons. The molecule has 3 atom stereocenters. The third-order valence-electron chi connectivity index (χ3n) is 4.41. The van der Waals surface area contributed by atoms with Gasteiger partial charge in [0.15, 0.2) is 8.32 Å². The van der Waals surface area contributed by atoms with Crippen LogP contribution in [0.4, 0.5) is 0 Å². The van der Waals surface area contributed by atoms with Gasteiger partial charge in [0.2, 0.25) is 6.29 Å². The van der Waals surface area contributed by atoms with Gasteiger partial charge in [-0.3, -0.25) is 4.79 Å². The molecule has 0 aromatic heterocycles. The van der Waals surface area contributed by atoms with E-state index in [1.54, 1.807) is 32.9 Å². The molecule has 0 aliphatic carbocycles. The van der Waals surface area contributed by atoms with Crippen LogP contribution in [0.15, 0.2) is 12.2 Å². The minimum Gasteiger partial charge on any atom is -0.432 e. The molecule has 0 unspecified atom stereocenters. The molecule has 134 valence electrons. The number of hydrogen-bond donors (Lipinski definition) is 1. The Labute approximate surface area is 141 Å². The summed E-state index contributed by atoms with van der Waals surface area (Å²) in [5, 5.41) is 10.1. The van der Waals surface area contributed by atoms with Crippen molar-refractivity contribution in [2.24, 2.45) is 5.41 Å². The summed E-state index contributed by atoms with van der Waals surface area (Å²) in [5.74, 6) is -0.340. The Balaban J connectivity index is 2.65. The highest BCUT2D eigenvalue weighted by molar-refractivity contribution is 6.74. The molecule has 0 amide bonds. The van der Waals surface area contributed by atoms with E-state index in [1.165, 1.54) is 0 Å². The summed E-state index contributed by atoms with van der Waals surface area (Å²) in [6.07, 6.45) is 1.09. The zero-order chi connectivity index (χ0) is 18.1. The lowest BCUT2D eigenvalue weighted by Crippen LogP contribution is -2.47. The van der Waals surface area contributed by atoms with Gasteiger partial charge < -0.3 is 19.0 Å². The van der Waals surface area contributed by atoms with E-state index in [2.05, 4.69) is 33.9 Å². The van der Waals surface area contributed by atoms with Crippen LogP contribution in [0, 0.1) is 5.41 Å². The van der Waals surface area contributed by atoms with Gasteiger partial charge in [-0.2, -0.15) is 0 Å². The van der Waals surface area contributed by atoms with Crippen LogP contribution < -0.4 is 0 Å². The molecule has 1 aliphatic rings. The maximum Gasteiger partial charge on any atom is 0.313 e. The Morgan fingerprint density at radius 1 is 1.17 bits per heavy atom. The minimum absolute atomic E-state index is 0.0839. The van der Waals surface area contributed by atoms with E-state index in [0.29, 0.717) is 0 Å². The van der Waals surface area contributed by atoms with Crippen LogP contribution in [-0.2, 0) is 18.7 Å². The predicted molar refractivity (Wildman–Crippen MR) is 92.5 cm³/mol. The van der Waals surface area contributed by atoms with E-state index >= 15 is 0 Å². The van der Waals surface area contributed by atoms with Crippen LogP contribution in [0.2, 0.25) is 18.1 Å². The molecule has 0 aromatic carbocycles. The average Bonchev–Trinajstić information content (AvgIpc) is 2.37. The zero-order valence-corrected chi connectivity index (χ0v) is 16.7. The fraction of sp³-hybridized carbons (Fsp3) is 0.824. The normalized spacial score (nSPS) is 26.2. The first kappa shape index (κ1) is 20.4. The Bertz CT molecular complexity index is 445. The molecule has 1 rings (SSSR count). The van der Waals surface area contributed by atoms with Crippen LogP contribution in [-0.4, -0.2) is 44.5 Å². The summed E-state index contributed by atoms with van der Waals surface area (Å²) in [6, 6.07) is 0. The molecule has 23 heavy (non-hydrogen) atoms. The lowest BCUT2D eigenvalue weighted by molar-refractivity contribution is -0.199. The number of hydrogen-bond acceptors (Lipinski definition) is 5. The summed E-state index contributed by atoms with van der Waals surface area (Å²) in [7, 11) is -1.93. The van der Waals surface area contributed by atoms with E-state index in [1.807, 2.05) is 0 Å². The Morgan fingerprint density at radius 3 is 2.22 bits per heavy atom. The largest absolute Gasteiger partial charge is 0.432 e. The number of carbonyl (C=O) groups is 1. The summed E-state index contributed by atoms with van der Waals surface area (Å²) in [6.45, 7) is 16.4. The number of esters is 1. The maximum atomic E-state index is 11.9. The van der Waals surface area contributed by atoms with E-state index < -0.39 is 32.2 Å². The highest BCUT2D eigenvalue weighted by Crippen LogP contribution is 2.37. The molecular formula is C17H32O5Si. The van der Waals surface area contributed by atoms with Gasteiger partial charge in [-0.15, -0.1) is 0 Å². The molecule has 1 heterocycles. The summed E-state index contributed by atoms with van der Waals surface area (Å²) >= 11 is 0. The first-order valence-electron chi connectivity index (χ1n) is 8.11. The third-order valence-corrected chi connectivity index (χ3v) is 8.91. The molecular weight excluding hydrogens is 312 g/mol. The van der Waals surface area contributed by atoms with Crippen molar-refractivity contribution in [1.82, 2.24) is 0 Å². The second kappa shape index (κ2) is 7.05. The van der Waals surface area contributed by atoms with Crippen molar-refractivity contribution in [3.05, 3.63) is 12.2 Å². The highest BCUT2D eigenvalue weighted by Gasteiger charge is 2.39. The van der Waals surface area contributed by atoms with Crippen LogP contribution >= 0.6 is 0 Å². The summed E-state index contributed by atoms with van der Waals surface area (Å²) in [5.41, 5.74) is -0.597. The number of ether oxygens (including phenoxy) is 2. The second-order valence-corrected chi connectivity index (χ2v) is 13.5. The fourth-order valence-electron chi connectivity index (χ4n) is 1.62. The maximum absolute atomic E-state index is 11.9. The molecule has 0 saturated carbocycles. The van der Waals surface area contributed by atoms with Gasteiger partial charge in [-0.25, -0.2) is 0 Å². The number of rotatable bonds is 4. The molecule has 6 heteroatoms. The first-order chi connectivity index (χ1) is 10.2. The van der Waals surface area contributed by atoms with Crippen LogP contribution in [0.25, 0.3) is 0 Å². The Morgan fingerprint density at radius 2 is 1.74 bits per heavy atom. The standard InChI is InChI=1S/C17H32O5Si/c1-16(2,3)15(19)22-14-10-9-12(18)13(21-14)11-20-23(7,8)17(4,5)6/h9-10,12-14,18H,11H2,1-8H3/t12-,13+,14+/m1/s1. The third kappa shape index (κ3) is 5.71. The monoisotopic (exact) mass is 344 g/mol. The van der Waals surface area contributed by atoms with Crippen molar-refractivity contribution < 1.29 is 23.8 Å². The zero-order valence-electron chi connectivity index (χ0n) is 15.7. The predicted octanol–water partition coefficient (Wildman–Crippen LogP) is 3.24. The van der Waals surface area contributed by atoms with Crippen molar-refractivity contribution in [2.75, 3.05) is 6.61 Å². The van der Waals surface area contributed by atoms with Crippen molar-refractivity contribution in [3.63, 3.8) is 0 Å². The van der Waals surface area contributed by atoms with Gasteiger partial charge in [0.25, 0.3) is 0 Å². The van der Waals surface area contributed by atoms with Crippen LogP contribution in [0.5, 0.6) is 0 Å². The van der Waals surface area contributed by atoms with E-state index in [4.69, 9.17) is 13.9 Å². The van der Waals surface area contributed by atoms with Gasteiger partial charge in [0.1, 0.15) is 12.2 Å². The average molecular weight is 345 g/mol. The highest BCUT2D eigenvalue weighted by atomic mass is 28.4. The molecule has 5 nitrogen and oxygen atoms in total. The molecule has 0 aromatic rings. The quantitative estimate of drug-likeness (QED) is 0.482. The molecule has 0 spiro atoms. The molecule has 1 N–H and O–H groups in total. The van der Waals surface area contributed by atoms with Gasteiger partial charge in [0.05, 0.1) is 12.0 Å².